The lowest BCUT2D eigenvalue weighted by Crippen LogP contribution is -2.43. The third-order valence-electron chi connectivity index (χ3n) is 3.62. The maximum absolute atomic E-state index is 5.92. The van der Waals surface area contributed by atoms with Crippen LogP contribution in [0, 0.1) is 0 Å². The number of hydrogen-bond acceptors (Lipinski definition) is 5. The van der Waals surface area contributed by atoms with Crippen LogP contribution in [-0.4, -0.2) is 37.7 Å². The molecule has 0 saturated heterocycles. The van der Waals surface area contributed by atoms with Crippen molar-refractivity contribution in [3.05, 3.63) is 42.2 Å². The fourth-order valence-corrected chi connectivity index (χ4v) is 3.38. The smallest absolute Gasteiger partial charge is 0.191 e. The molecule has 140 valence electrons. The van der Waals surface area contributed by atoms with Crippen molar-refractivity contribution in [2.24, 2.45) is 4.99 Å². The summed E-state index contributed by atoms with van der Waals surface area (Å²) in [6, 6.07) is 12.2. The highest BCUT2D eigenvalue weighted by molar-refractivity contribution is 14.0. The van der Waals surface area contributed by atoms with Crippen LogP contribution in [0.1, 0.15) is 12.7 Å². The first-order chi connectivity index (χ1) is 12.2. The van der Waals surface area contributed by atoms with Gasteiger partial charge in [-0.15, -0.1) is 35.3 Å². The molecule has 0 bridgehead atoms. The van der Waals surface area contributed by atoms with Gasteiger partial charge >= 0.3 is 0 Å². The van der Waals surface area contributed by atoms with Gasteiger partial charge in [-0.1, -0.05) is 12.1 Å². The van der Waals surface area contributed by atoms with Crippen molar-refractivity contribution < 1.29 is 9.15 Å². The SMILES string of the molecule is CN=C(NCc1ccc(-c2nc3ccccc3s2)o1)NC(C)COC.I. The molecule has 0 aliphatic carbocycles. The predicted molar refractivity (Wildman–Crippen MR) is 117 cm³/mol. The first-order valence-corrected chi connectivity index (χ1v) is 8.92. The van der Waals surface area contributed by atoms with Crippen LogP contribution in [0.2, 0.25) is 0 Å². The minimum absolute atomic E-state index is 0. The van der Waals surface area contributed by atoms with Gasteiger partial charge in [0.05, 0.1) is 23.4 Å². The summed E-state index contributed by atoms with van der Waals surface area (Å²) in [4.78, 5) is 8.83. The molecule has 2 aromatic heterocycles. The number of thiazole rings is 1. The van der Waals surface area contributed by atoms with Gasteiger partial charge in [0.1, 0.15) is 5.76 Å². The molecular formula is C18H23IN4O2S. The number of hydrogen-bond donors (Lipinski definition) is 2. The number of para-hydroxylation sites is 1. The van der Waals surface area contributed by atoms with E-state index in [1.54, 1.807) is 25.5 Å². The van der Waals surface area contributed by atoms with Crippen LogP contribution >= 0.6 is 35.3 Å². The Morgan fingerprint density at radius 2 is 2.12 bits per heavy atom. The molecule has 0 amide bonds. The fraction of sp³-hybridized carbons (Fsp3) is 0.333. The topological polar surface area (TPSA) is 71.7 Å². The maximum atomic E-state index is 5.92. The van der Waals surface area contributed by atoms with Gasteiger partial charge < -0.3 is 19.8 Å². The second kappa shape index (κ2) is 9.89. The van der Waals surface area contributed by atoms with Crippen LogP contribution in [0.4, 0.5) is 0 Å². The minimum Gasteiger partial charge on any atom is -0.457 e. The Morgan fingerprint density at radius 1 is 1.31 bits per heavy atom. The predicted octanol–water partition coefficient (Wildman–Crippen LogP) is 3.87. The number of nitrogens with one attached hydrogen (secondary N) is 2. The Morgan fingerprint density at radius 3 is 2.85 bits per heavy atom. The normalized spacial score (nSPS) is 12.7. The fourth-order valence-electron chi connectivity index (χ4n) is 2.46. The van der Waals surface area contributed by atoms with Crippen LogP contribution in [0.25, 0.3) is 21.0 Å². The first-order valence-electron chi connectivity index (χ1n) is 8.10. The van der Waals surface area contributed by atoms with Gasteiger partial charge in [-0.25, -0.2) is 4.98 Å². The average Bonchev–Trinajstić information content (AvgIpc) is 3.25. The van der Waals surface area contributed by atoms with E-state index >= 15 is 0 Å². The third-order valence-corrected chi connectivity index (χ3v) is 4.67. The van der Waals surface area contributed by atoms with E-state index in [2.05, 4.69) is 26.7 Å². The number of fused-ring (bicyclic) bond motifs is 1. The average molecular weight is 486 g/mol. The zero-order valence-corrected chi connectivity index (χ0v) is 18.1. The molecule has 0 aliphatic heterocycles. The van der Waals surface area contributed by atoms with E-state index in [1.807, 2.05) is 37.3 Å². The molecule has 1 aromatic carbocycles. The maximum Gasteiger partial charge on any atom is 0.191 e. The summed E-state index contributed by atoms with van der Waals surface area (Å²) in [5.41, 5.74) is 0.996. The van der Waals surface area contributed by atoms with Crippen LogP contribution in [0.5, 0.6) is 0 Å². The molecule has 1 unspecified atom stereocenters. The van der Waals surface area contributed by atoms with Gasteiger partial charge in [0.15, 0.2) is 16.7 Å². The number of benzene rings is 1. The van der Waals surface area contributed by atoms with Crippen molar-refractivity contribution in [1.82, 2.24) is 15.6 Å². The Hall–Kier alpha value is -1.65. The molecule has 0 fully saturated rings. The molecule has 3 rings (SSSR count). The van der Waals surface area contributed by atoms with Crippen LogP contribution in [0.3, 0.4) is 0 Å². The molecule has 3 aromatic rings. The van der Waals surface area contributed by atoms with Crippen molar-refractivity contribution in [2.45, 2.75) is 19.5 Å². The summed E-state index contributed by atoms with van der Waals surface area (Å²) in [6.07, 6.45) is 0. The van der Waals surface area contributed by atoms with Gasteiger partial charge in [-0.3, -0.25) is 4.99 Å². The standard InChI is InChI=1S/C18H22N4O2S.HI/c1-12(11-23-3)21-18(19-2)20-10-13-8-9-15(24-13)17-22-14-6-4-5-7-16(14)25-17;/h4-9,12H,10-11H2,1-3H3,(H2,19,20,21);1H. The molecule has 26 heavy (non-hydrogen) atoms. The van der Waals surface area contributed by atoms with Gasteiger partial charge in [0, 0.05) is 20.2 Å². The minimum atomic E-state index is 0. The van der Waals surface area contributed by atoms with Gasteiger partial charge in [-0.05, 0) is 31.2 Å². The van der Waals surface area contributed by atoms with Crippen molar-refractivity contribution in [1.29, 1.82) is 0 Å². The zero-order chi connectivity index (χ0) is 17.6. The highest BCUT2D eigenvalue weighted by atomic mass is 127. The van der Waals surface area contributed by atoms with Crippen LogP contribution in [0.15, 0.2) is 45.8 Å². The van der Waals surface area contributed by atoms with Crippen LogP contribution in [-0.2, 0) is 11.3 Å². The van der Waals surface area contributed by atoms with Crippen molar-refractivity contribution in [3.8, 4) is 10.8 Å². The van der Waals surface area contributed by atoms with Gasteiger partial charge in [0.25, 0.3) is 0 Å². The van der Waals surface area contributed by atoms with Crippen molar-refractivity contribution in [2.75, 3.05) is 20.8 Å². The van der Waals surface area contributed by atoms with E-state index in [-0.39, 0.29) is 30.0 Å². The lowest BCUT2D eigenvalue weighted by Gasteiger charge is -2.16. The molecule has 6 nitrogen and oxygen atoms in total. The Bertz CT molecular complexity index is 829. The second-order valence-electron chi connectivity index (χ2n) is 5.68. The van der Waals surface area contributed by atoms with E-state index in [0.717, 1.165) is 26.7 Å². The quantitative estimate of drug-likeness (QED) is 0.315. The molecule has 0 radical (unpaired) electrons. The number of methoxy groups -OCH3 is 1. The van der Waals surface area contributed by atoms with E-state index in [9.17, 15) is 0 Å². The largest absolute Gasteiger partial charge is 0.457 e. The van der Waals surface area contributed by atoms with Crippen molar-refractivity contribution >= 4 is 51.5 Å². The summed E-state index contributed by atoms with van der Waals surface area (Å²) < 4.78 is 12.2. The molecule has 0 aliphatic rings. The number of aliphatic imine (C=N–C) groups is 1. The van der Waals surface area contributed by atoms with E-state index in [0.29, 0.717) is 19.1 Å². The summed E-state index contributed by atoms with van der Waals surface area (Å²) in [5, 5.41) is 7.39. The molecule has 1 atom stereocenters. The number of ether oxygens (including phenoxy) is 1. The number of nitrogens with zero attached hydrogens (tertiary/aromatic N) is 2. The molecule has 0 saturated carbocycles. The Kier molecular flexibility index (Phi) is 7.85. The van der Waals surface area contributed by atoms with E-state index in [1.165, 1.54) is 0 Å². The molecule has 2 N–H and O–H groups in total. The highest BCUT2D eigenvalue weighted by Crippen LogP contribution is 2.30. The number of aromatic nitrogens is 1. The Labute approximate surface area is 174 Å². The second-order valence-corrected chi connectivity index (χ2v) is 6.71. The first kappa shape index (κ1) is 20.7. The summed E-state index contributed by atoms with van der Waals surface area (Å²) in [5.74, 6) is 2.33. The molecular weight excluding hydrogens is 463 g/mol. The van der Waals surface area contributed by atoms with Gasteiger partial charge in [-0.2, -0.15) is 0 Å². The molecule has 8 heteroatoms. The number of furan rings is 1. The number of rotatable bonds is 6. The summed E-state index contributed by atoms with van der Waals surface area (Å²) >= 11 is 1.63. The van der Waals surface area contributed by atoms with E-state index in [4.69, 9.17) is 9.15 Å². The Balaban J connectivity index is 0.00000243. The number of guanidine groups is 1. The van der Waals surface area contributed by atoms with Gasteiger partial charge in [0.2, 0.25) is 0 Å². The number of halogens is 1. The van der Waals surface area contributed by atoms with E-state index < -0.39 is 0 Å². The van der Waals surface area contributed by atoms with Crippen molar-refractivity contribution in [3.63, 3.8) is 0 Å². The third kappa shape index (κ3) is 5.18. The highest BCUT2D eigenvalue weighted by Gasteiger charge is 2.11. The lowest BCUT2D eigenvalue weighted by molar-refractivity contribution is 0.179. The monoisotopic (exact) mass is 486 g/mol. The lowest BCUT2D eigenvalue weighted by atomic mass is 10.3. The van der Waals surface area contributed by atoms with Crippen LogP contribution < -0.4 is 10.6 Å². The summed E-state index contributed by atoms with van der Waals surface area (Å²) in [7, 11) is 3.42. The molecule has 2 heterocycles. The molecule has 0 spiro atoms. The zero-order valence-electron chi connectivity index (χ0n) is 15.0. The summed E-state index contributed by atoms with van der Waals surface area (Å²) in [6.45, 7) is 3.20.